The summed E-state index contributed by atoms with van der Waals surface area (Å²) in [6.07, 6.45) is 0. The summed E-state index contributed by atoms with van der Waals surface area (Å²) in [6, 6.07) is 0.0750. The van der Waals surface area contributed by atoms with Crippen LogP contribution in [0.4, 0.5) is 0 Å². The average Bonchev–Trinajstić information content (AvgIpc) is 1.91. The van der Waals surface area contributed by atoms with Gasteiger partial charge in [0.25, 0.3) is 0 Å². The minimum atomic E-state index is -0.677. The third kappa shape index (κ3) is 9.88. The molecule has 0 aromatic carbocycles. The Hall–Kier alpha value is 0.0569. The van der Waals surface area contributed by atoms with Crippen molar-refractivity contribution in [1.29, 1.82) is 0 Å². The normalized spacial score (nSPS) is 15.8. The van der Waals surface area contributed by atoms with Gasteiger partial charge in [-0.05, 0) is 80.2 Å². The highest BCUT2D eigenvalue weighted by molar-refractivity contribution is 5.75. The molecular weight excluding hydrogens is 264 g/mol. The van der Waals surface area contributed by atoms with Crippen LogP contribution in [0.1, 0.15) is 69.2 Å². The second-order valence-electron chi connectivity index (χ2n) is 8.74. The molecule has 5 N–H and O–H groups in total. The zero-order valence-corrected chi connectivity index (χ0v) is 14.7. The average molecular weight is 305 g/mol. The molecule has 1 atom stereocenters. The quantitative estimate of drug-likeness (QED) is 0.456. The molecule has 0 fully saturated rings. The number of rotatable bonds is 4. The summed E-state index contributed by atoms with van der Waals surface area (Å²) >= 11 is 0. The van der Waals surface area contributed by atoms with Crippen molar-refractivity contribution in [1.82, 2.24) is 16.0 Å². The van der Waals surface area contributed by atoms with Gasteiger partial charge < -0.3 is 5.32 Å². The van der Waals surface area contributed by atoms with Crippen molar-refractivity contribution in [2.75, 3.05) is 0 Å². The first kappa shape index (κ1) is 22.3. The van der Waals surface area contributed by atoms with Gasteiger partial charge in [-0.15, -0.1) is 0 Å². The highest BCUT2D eigenvalue weighted by Crippen LogP contribution is 2.15. The summed E-state index contributed by atoms with van der Waals surface area (Å²) in [5, 5.41) is 10.6. The van der Waals surface area contributed by atoms with Crippen LogP contribution in [0.15, 0.2) is 0 Å². The molecule has 20 heavy (non-hydrogen) atoms. The summed E-state index contributed by atoms with van der Waals surface area (Å²) in [5.41, 5.74) is 6.52. The molecule has 0 saturated carbocycles. The SMILES string of the molecule is CC(NC(C)(C)C)C(N)(NC(C)(C)C)NC(C)(C)C.[SiH4]. The van der Waals surface area contributed by atoms with Crippen molar-refractivity contribution in [3.8, 4) is 0 Å². The van der Waals surface area contributed by atoms with Crippen LogP contribution in [-0.2, 0) is 0 Å². The Labute approximate surface area is 131 Å². The second kappa shape index (κ2) is 6.88. The maximum absolute atomic E-state index is 6.64. The Balaban J connectivity index is 0. The lowest BCUT2D eigenvalue weighted by atomic mass is 9.98. The fraction of sp³-hybridized carbons (Fsp3) is 1.00. The van der Waals surface area contributed by atoms with Crippen LogP contribution in [0.3, 0.4) is 0 Å². The maximum Gasteiger partial charge on any atom is 0.137 e. The molecule has 0 heterocycles. The molecule has 0 spiro atoms. The van der Waals surface area contributed by atoms with E-state index in [-0.39, 0.29) is 33.6 Å². The van der Waals surface area contributed by atoms with Crippen LogP contribution in [0.25, 0.3) is 0 Å². The number of hydrogen-bond acceptors (Lipinski definition) is 4. The van der Waals surface area contributed by atoms with E-state index in [9.17, 15) is 0 Å². The Morgan fingerprint density at radius 2 is 1.00 bits per heavy atom. The molecule has 0 rings (SSSR count). The van der Waals surface area contributed by atoms with E-state index >= 15 is 0 Å². The zero-order valence-electron chi connectivity index (χ0n) is 14.7. The van der Waals surface area contributed by atoms with Gasteiger partial charge in [-0.25, -0.2) is 0 Å². The highest BCUT2D eigenvalue weighted by Gasteiger charge is 2.39. The summed E-state index contributed by atoms with van der Waals surface area (Å²) in [6.45, 7) is 21.3. The minimum Gasteiger partial charge on any atom is -0.305 e. The van der Waals surface area contributed by atoms with E-state index in [2.05, 4.69) is 85.2 Å². The second-order valence-corrected chi connectivity index (χ2v) is 8.74. The van der Waals surface area contributed by atoms with Crippen molar-refractivity contribution >= 4 is 11.0 Å². The Morgan fingerprint density at radius 1 is 0.700 bits per heavy atom. The standard InChI is InChI=1S/C15H36N4.H4Si/c1-11(17-12(2,3)4)15(16,18-13(5,6)7)19-14(8,9)10;/h11,17-19H,16H2,1-10H3;1H4. The fourth-order valence-electron chi connectivity index (χ4n) is 2.25. The van der Waals surface area contributed by atoms with Gasteiger partial charge in [0, 0.05) is 22.7 Å². The third-order valence-corrected chi connectivity index (χ3v) is 2.50. The van der Waals surface area contributed by atoms with Gasteiger partial charge in [0.15, 0.2) is 0 Å². The largest absolute Gasteiger partial charge is 0.305 e. The van der Waals surface area contributed by atoms with Crippen molar-refractivity contribution in [3.63, 3.8) is 0 Å². The maximum atomic E-state index is 6.64. The first-order valence-corrected chi connectivity index (χ1v) is 7.19. The van der Waals surface area contributed by atoms with Crippen LogP contribution < -0.4 is 21.7 Å². The Kier molecular flexibility index (Phi) is 7.68. The van der Waals surface area contributed by atoms with E-state index in [1.807, 2.05) is 0 Å². The molecule has 0 aliphatic rings. The summed E-state index contributed by atoms with van der Waals surface area (Å²) in [5.74, 6) is -0.677. The number of nitrogens with one attached hydrogen (secondary N) is 3. The van der Waals surface area contributed by atoms with Gasteiger partial charge in [0.1, 0.15) is 5.79 Å². The monoisotopic (exact) mass is 304 g/mol. The number of hydrogen-bond donors (Lipinski definition) is 4. The van der Waals surface area contributed by atoms with E-state index in [1.165, 1.54) is 0 Å². The van der Waals surface area contributed by atoms with E-state index in [0.29, 0.717) is 0 Å². The molecule has 0 bridgehead atoms. The molecular formula is C15H40N4Si. The van der Waals surface area contributed by atoms with Crippen molar-refractivity contribution in [3.05, 3.63) is 0 Å². The van der Waals surface area contributed by atoms with Crippen molar-refractivity contribution < 1.29 is 0 Å². The molecule has 0 amide bonds. The predicted octanol–water partition coefficient (Wildman–Crippen LogP) is 0.700. The van der Waals surface area contributed by atoms with E-state index in [1.54, 1.807) is 0 Å². The first-order valence-electron chi connectivity index (χ1n) is 7.19. The Morgan fingerprint density at radius 3 is 1.20 bits per heavy atom. The van der Waals surface area contributed by atoms with Gasteiger partial charge in [0.05, 0.1) is 0 Å². The molecule has 5 heteroatoms. The van der Waals surface area contributed by atoms with Gasteiger partial charge >= 0.3 is 0 Å². The molecule has 0 aromatic heterocycles. The summed E-state index contributed by atoms with van der Waals surface area (Å²) in [7, 11) is 0. The van der Waals surface area contributed by atoms with Crippen LogP contribution in [0.2, 0.25) is 0 Å². The molecule has 0 saturated heterocycles. The van der Waals surface area contributed by atoms with Crippen LogP contribution in [0, 0.1) is 0 Å². The topological polar surface area (TPSA) is 62.1 Å². The minimum absolute atomic E-state index is 0. The Bertz CT molecular complexity index is 268. The van der Waals surface area contributed by atoms with Gasteiger partial charge in [-0.2, -0.15) is 0 Å². The van der Waals surface area contributed by atoms with Crippen molar-refractivity contribution in [2.24, 2.45) is 5.73 Å². The third-order valence-electron chi connectivity index (χ3n) is 2.50. The van der Waals surface area contributed by atoms with Crippen LogP contribution >= 0.6 is 0 Å². The molecule has 0 radical (unpaired) electrons. The molecule has 124 valence electrons. The van der Waals surface area contributed by atoms with E-state index < -0.39 is 5.79 Å². The summed E-state index contributed by atoms with van der Waals surface area (Å²) < 4.78 is 0. The molecule has 0 aliphatic heterocycles. The van der Waals surface area contributed by atoms with E-state index in [4.69, 9.17) is 5.73 Å². The molecule has 0 aromatic rings. The predicted molar refractivity (Wildman–Crippen MR) is 96.4 cm³/mol. The molecule has 4 nitrogen and oxygen atoms in total. The van der Waals surface area contributed by atoms with Crippen LogP contribution in [-0.4, -0.2) is 39.4 Å². The van der Waals surface area contributed by atoms with Gasteiger partial charge in [-0.1, -0.05) is 0 Å². The zero-order chi connectivity index (χ0) is 15.7. The fourth-order valence-corrected chi connectivity index (χ4v) is 2.25. The van der Waals surface area contributed by atoms with E-state index in [0.717, 1.165) is 0 Å². The smallest absolute Gasteiger partial charge is 0.137 e. The first-order chi connectivity index (χ1) is 8.04. The molecule has 0 aliphatic carbocycles. The van der Waals surface area contributed by atoms with Gasteiger partial charge in [-0.3, -0.25) is 16.4 Å². The molecule has 1 unspecified atom stereocenters. The summed E-state index contributed by atoms with van der Waals surface area (Å²) in [4.78, 5) is 0. The number of nitrogens with two attached hydrogens (primary N) is 1. The van der Waals surface area contributed by atoms with Crippen molar-refractivity contribution in [2.45, 2.75) is 97.7 Å². The lowest BCUT2D eigenvalue weighted by Gasteiger charge is -2.47. The van der Waals surface area contributed by atoms with Gasteiger partial charge in [0.2, 0.25) is 0 Å². The lowest BCUT2D eigenvalue weighted by molar-refractivity contribution is 0.104. The van der Waals surface area contributed by atoms with Crippen LogP contribution in [0.5, 0.6) is 0 Å². The highest BCUT2D eigenvalue weighted by atomic mass is 28.1. The lowest BCUT2D eigenvalue weighted by Crippen LogP contribution is -2.79.